The number of allylic oxidation sites excluding steroid dienone is 1. The highest BCUT2D eigenvalue weighted by molar-refractivity contribution is 7.87. The third-order valence-electron chi connectivity index (χ3n) is 2.34. The van der Waals surface area contributed by atoms with Gasteiger partial charge in [0.2, 0.25) is 0 Å². The lowest BCUT2D eigenvalue weighted by Crippen LogP contribution is -2.28. The maximum atomic E-state index is 12.5. The van der Waals surface area contributed by atoms with E-state index in [0.717, 1.165) is 14.2 Å². The predicted octanol–water partition coefficient (Wildman–Crippen LogP) is 1.70. The molecule has 0 aliphatic carbocycles. The number of alkyl halides is 3. The molecule has 0 unspecified atom stereocenters. The summed E-state index contributed by atoms with van der Waals surface area (Å²) in [6.45, 7) is 0. The summed E-state index contributed by atoms with van der Waals surface area (Å²) in [5.41, 5.74) is -5.92. The summed E-state index contributed by atoms with van der Waals surface area (Å²) in [5.74, 6) is -5.99. The van der Waals surface area contributed by atoms with Crippen LogP contribution in [0.1, 0.15) is 12.8 Å². The van der Waals surface area contributed by atoms with Gasteiger partial charge in [-0.1, -0.05) is 0 Å². The second kappa shape index (κ2) is 8.08. The average molecular weight is 370 g/mol. The number of hydrogen-bond donors (Lipinski definition) is 0. The Balaban J connectivity index is 5.23. The van der Waals surface area contributed by atoms with Crippen LogP contribution in [-0.2, 0) is 33.4 Å². The Hall–Kier alpha value is -1.92. The first-order chi connectivity index (χ1) is 10.4. The van der Waals surface area contributed by atoms with E-state index in [0.29, 0.717) is 0 Å². The van der Waals surface area contributed by atoms with Crippen molar-refractivity contribution in [2.45, 2.75) is 18.3 Å². The predicted molar refractivity (Wildman–Crippen MR) is 62.1 cm³/mol. The Kier molecular flexibility index (Phi) is 7.40. The molecule has 0 saturated carbocycles. The van der Waals surface area contributed by atoms with Crippen LogP contribution in [0.2, 0.25) is 0 Å². The van der Waals surface area contributed by atoms with Crippen molar-refractivity contribution in [1.82, 2.24) is 0 Å². The largest absolute Gasteiger partial charge is 0.534 e. The number of halogens is 5. The normalized spacial score (nSPS) is 11.8. The van der Waals surface area contributed by atoms with E-state index >= 15 is 0 Å². The number of ether oxygens (including phenoxy) is 2. The molecule has 0 fully saturated rings. The molecule has 0 aliphatic rings. The van der Waals surface area contributed by atoms with Gasteiger partial charge in [-0.15, -0.1) is 0 Å². The van der Waals surface area contributed by atoms with Crippen LogP contribution >= 0.6 is 0 Å². The highest BCUT2D eigenvalue weighted by Gasteiger charge is 2.49. The molecule has 0 N–H and O–H groups in total. The molecule has 23 heavy (non-hydrogen) atoms. The smallest absolute Gasteiger partial charge is 0.468 e. The number of esters is 2. The van der Waals surface area contributed by atoms with Gasteiger partial charge in [-0.25, -0.2) is 0 Å². The Morgan fingerprint density at radius 2 is 1.48 bits per heavy atom. The summed E-state index contributed by atoms with van der Waals surface area (Å²) >= 11 is 0. The Morgan fingerprint density at radius 3 is 1.78 bits per heavy atom. The Labute approximate surface area is 127 Å². The number of methoxy groups -OCH3 is 2. The van der Waals surface area contributed by atoms with Crippen molar-refractivity contribution >= 4 is 22.1 Å². The van der Waals surface area contributed by atoms with E-state index in [1.165, 1.54) is 0 Å². The zero-order chi connectivity index (χ0) is 18.4. The fraction of sp³-hybridized carbons (Fsp3) is 0.600. The van der Waals surface area contributed by atoms with Crippen molar-refractivity contribution in [3.05, 3.63) is 11.8 Å². The number of rotatable bonds is 7. The fourth-order valence-electron chi connectivity index (χ4n) is 1.24. The molecule has 0 aliphatic heterocycles. The van der Waals surface area contributed by atoms with E-state index in [4.69, 9.17) is 0 Å². The molecule has 0 saturated heterocycles. The van der Waals surface area contributed by atoms with E-state index in [-0.39, 0.29) is 0 Å². The second-order valence-corrected chi connectivity index (χ2v) is 5.34. The summed E-state index contributed by atoms with van der Waals surface area (Å²) in [6.07, 6.45) is -4.84. The average Bonchev–Trinajstić information content (AvgIpc) is 2.43. The maximum absolute atomic E-state index is 12.5. The zero-order valence-corrected chi connectivity index (χ0v) is 12.5. The molecule has 0 heterocycles. The molecule has 0 aromatic heterocycles. The molecule has 7 nitrogen and oxygen atoms in total. The lowest BCUT2D eigenvalue weighted by molar-refractivity contribution is -0.159. The van der Waals surface area contributed by atoms with Crippen molar-refractivity contribution in [1.29, 1.82) is 0 Å². The van der Waals surface area contributed by atoms with Gasteiger partial charge in [0.25, 0.3) is 0 Å². The third kappa shape index (κ3) is 6.00. The molecular formula is C10H11F5O7S. The van der Waals surface area contributed by atoms with Crippen molar-refractivity contribution in [3.63, 3.8) is 0 Å². The minimum absolute atomic E-state index is 0.820. The summed E-state index contributed by atoms with van der Waals surface area (Å²) in [6, 6.07) is 0. The summed E-state index contributed by atoms with van der Waals surface area (Å²) < 4.78 is 94.4. The molecule has 13 heteroatoms. The van der Waals surface area contributed by atoms with E-state index in [2.05, 4.69) is 13.7 Å². The molecule has 0 aromatic carbocycles. The second-order valence-electron chi connectivity index (χ2n) is 3.80. The van der Waals surface area contributed by atoms with Gasteiger partial charge in [-0.3, -0.25) is 9.59 Å². The minimum Gasteiger partial charge on any atom is -0.468 e. The summed E-state index contributed by atoms with van der Waals surface area (Å²) in [5, 5.41) is 0. The molecule has 134 valence electrons. The zero-order valence-electron chi connectivity index (χ0n) is 11.6. The van der Waals surface area contributed by atoms with Crippen LogP contribution in [0, 0.1) is 5.92 Å². The third-order valence-corrected chi connectivity index (χ3v) is 3.32. The van der Waals surface area contributed by atoms with Gasteiger partial charge >= 0.3 is 33.6 Å². The van der Waals surface area contributed by atoms with Crippen LogP contribution in [0.25, 0.3) is 0 Å². The van der Waals surface area contributed by atoms with Crippen LogP contribution in [0.5, 0.6) is 0 Å². The molecule has 0 atom stereocenters. The number of carbonyl (C=O) groups is 2. The Bertz CT molecular complexity index is 561. The molecule has 0 bridgehead atoms. The van der Waals surface area contributed by atoms with Crippen molar-refractivity contribution in [3.8, 4) is 0 Å². The van der Waals surface area contributed by atoms with Gasteiger partial charge in [0.05, 0.1) is 14.2 Å². The summed E-state index contributed by atoms with van der Waals surface area (Å²) in [7, 11) is -4.57. The van der Waals surface area contributed by atoms with Crippen LogP contribution in [0.15, 0.2) is 11.8 Å². The fourth-order valence-corrected chi connectivity index (χ4v) is 1.74. The van der Waals surface area contributed by atoms with Gasteiger partial charge in [0.15, 0.2) is 11.7 Å². The highest BCUT2D eigenvalue weighted by Crippen LogP contribution is 2.30. The minimum atomic E-state index is -6.31. The lowest BCUT2D eigenvalue weighted by atomic mass is 10.0. The first-order valence-electron chi connectivity index (χ1n) is 5.58. The lowest BCUT2D eigenvalue weighted by Gasteiger charge is -2.14. The van der Waals surface area contributed by atoms with Crippen LogP contribution in [0.3, 0.4) is 0 Å². The molecule has 0 spiro atoms. The van der Waals surface area contributed by atoms with E-state index in [1.54, 1.807) is 0 Å². The van der Waals surface area contributed by atoms with Gasteiger partial charge < -0.3 is 13.7 Å². The van der Waals surface area contributed by atoms with E-state index in [9.17, 15) is 40.0 Å². The molecule has 0 amide bonds. The van der Waals surface area contributed by atoms with Crippen molar-refractivity contribution in [2.24, 2.45) is 5.92 Å². The molecule has 0 rings (SSSR count). The van der Waals surface area contributed by atoms with Crippen molar-refractivity contribution in [2.75, 3.05) is 14.2 Å². The standard InChI is InChI=1S/C10H11F5O7S/c1-20-8(16)5(9(17)21-2)3-4-6(7(11)12)22-23(18,19)10(13,14)15/h5H,3-4H2,1-2H3. The first-order valence-corrected chi connectivity index (χ1v) is 6.98. The monoisotopic (exact) mass is 370 g/mol. The highest BCUT2D eigenvalue weighted by atomic mass is 32.2. The Morgan fingerprint density at radius 1 is 1.04 bits per heavy atom. The van der Waals surface area contributed by atoms with Crippen LogP contribution in [-0.4, -0.2) is 40.1 Å². The van der Waals surface area contributed by atoms with Crippen molar-refractivity contribution < 1.29 is 53.6 Å². The molecule has 0 radical (unpaired) electrons. The van der Waals surface area contributed by atoms with E-state index < -0.39 is 58.2 Å². The molecule has 0 aromatic rings. The van der Waals surface area contributed by atoms with Gasteiger partial charge in [-0.05, 0) is 6.42 Å². The first kappa shape index (κ1) is 21.1. The summed E-state index contributed by atoms with van der Waals surface area (Å²) in [4.78, 5) is 22.5. The van der Waals surface area contributed by atoms with Crippen LogP contribution < -0.4 is 0 Å². The van der Waals surface area contributed by atoms with Gasteiger partial charge in [-0.2, -0.15) is 30.4 Å². The van der Waals surface area contributed by atoms with Gasteiger partial charge in [0, 0.05) is 6.42 Å². The van der Waals surface area contributed by atoms with Gasteiger partial charge in [0.1, 0.15) is 0 Å². The number of carbonyl (C=O) groups excluding carboxylic acids is 2. The maximum Gasteiger partial charge on any atom is 0.534 e. The quantitative estimate of drug-likeness (QED) is 0.168. The van der Waals surface area contributed by atoms with E-state index in [1.807, 2.05) is 0 Å². The number of hydrogen-bond acceptors (Lipinski definition) is 7. The van der Waals surface area contributed by atoms with Crippen LogP contribution in [0.4, 0.5) is 22.0 Å². The SMILES string of the molecule is COC(=O)C(CCC(OS(=O)(=O)C(F)(F)F)=C(F)F)C(=O)OC. The topological polar surface area (TPSA) is 96.0 Å². The molecular weight excluding hydrogens is 359 g/mol.